The Morgan fingerprint density at radius 1 is 1.03 bits per heavy atom. The largest absolute Gasteiger partial charge is 0.374 e. The molecule has 0 amide bonds. The Morgan fingerprint density at radius 3 is 2.45 bits per heavy atom. The highest BCUT2D eigenvalue weighted by Crippen LogP contribution is 2.33. The topological polar surface area (TPSA) is 76.1 Å². The lowest BCUT2D eigenvalue weighted by Crippen LogP contribution is -2.35. The van der Waals surface area contributed by atoms with E-state index in [1.807, 2.05) is 25.1 Å². The molecule has 33 heavy (non-hydrogen) atoms. The average molecular weight is 487 g/mol. The van der Waals surface area contributed by atoms with Crippen LogP contribution in [-0.2, 0) is 17.6 Å². The molecular formula is C24H28Cl2N6O. The number of rotatable bonds is 8. The van der Waals surface area contributed by atoms with Crippen molar-refractivity contribution in [2.24, 2.45) is 0 Å². The lowest BCUT2D eigenvalue weighted by Gasteiger charge is -2.22. The molecule has 7 nitrogen and oxygen atoms in total. The van der Waals surface area contributed by atoms with Gasteiger partial charge in [0.25, 0.3) is 0 Å². The van der Waals surface area contributed by atoms with Gasteiger partial charge >= 0.3 is 0 Å². The highest BCUT2D eigenvalue weighted by atomic mass is 35.5. The SMILES string of the molecule is CCOC1CN(c2ncccn2)CC1Nc1nc(CC)c(-c2ccc(Cl)cc2Cl)nc1CC. The second kappa shape index (κ2) is 10.6. The van der Waals surface area contributed by atoms with E-state index in [-0.39, 0.29) is 12.1 Å². The molecule has 174 valence electrons. The second-order valence-electron chi connectivity index (χ2n) is 7.84. The van der Waals surface area contributed by atoms with Gasteiger partial charge in [-0.15, -0.1) is 0 Å². The molecule has 4 rings (SSSR count). The van der Waals surface area contributed by atoms with Crippen LogP contribution in [0.3, 0.4) is 0 Å². The quantitative estimate of drug-likeness (QED) is 0.475. The summed E-state index contributed by atoms with van der Waals surface area (Å²) >= 11 is 12.6. The van der Waals surface area contributed by atoms with E-state index in [0.717, 1.165) is 41.3 Å². The summed E-state index contributed by atoms with van der Waals surface area (Å²) in [6.45, 7) is 8.21. The van der Waals surface area contributed by atoms with E-state index in [4.69, 9.17) is 37.9 Å². The van der Waals surface area contributed by atoms with E-state index in [1.165, 1.54) is 0 Å². The standard InChI is InChI=1S/C24H28Cl2N6O/c1-4-18-22(16-9-8-15(25)12-17(16)26)29-19(5-2)23(30-18)31-20-13-32(14-21(20)33-6-3)24-27-10-7-11-28-24/h7-12,20-21H,4-6,13-14H2,1-3H3,(H,30,31). The smallest absolute Gasteiger partial charge is 0.225 e. The number of nitrogens with one attached hydrogen (secondary N) is 1. The zero-order chi connectivity index (χ0) is 23.4. The molecule has 1 aliphatic rings. The fraction of sp³-hybridized carbons (Fsp3) is 0.417. The molecule has 0 aliphatic carbocycles. The van der Waals surface area contributed by atoms with Gasteiger partial charge in [-0.2, -0.15) is 0 Å². The van der Waals surface area contributed by atoms with Crippen molar-refractivity contribution in [1.29, 1.82) is 0 Å². The van der Waals surface area contributed by atoms with Gasteiger partial charge in [0.15, 0.2) is 0 Å². The first kappa shape index (κ1) is 23.7. The lowest BCUT2D eigenvalue weighted by atomic mass is 10.1. The van der Waals surface area contributed by atoms with E-state index in [2.05, 4.69) is 34.0 Å². The predicted octanol–water partition coefficient (Wildman–Crippen LogP) is 5.07. The first-order chi connectivity index (χ1) is 16.0. The third kappa shape index (κ3) is 5.21. The lowest BCUT2D eigenvalue weighted by molar-refractivity contribution is 0.0719. The number of benzene rings is 1. The summed E-state index contributed by atoms with van der Waals surface area (Å²) in [4.78, 5) is 20.9. The number of halogens is 2. The molecule has 3 aromatic rings. The maximum atomic E-state index is 6.49. The summed E-state index contributed by atoms with van der Waals surface area (Å²) in [5.74, 6) is 1.49. The first-order valence-corrected chi connectivity index (χ1v) is 12.0. The van der Waals surface area contributed by atoms with E-state index in [0.29, 0.717) is 35.7 Å². The maximum Gasteiger partial charge on any atom is 0.225 e. The van der Waals surface area contributed by atoms with Crippen LogP contribution in [0.5, 0.6) is 0 Å². The summed E-state index contributed by atoms with van der Waals surface area (Å²) < 4.78 is 6.05. The molecule has 0 bridgehead atoms. The Balaban J connectivity index is 1.65. The minimum absolute atomic E-state index is 0.0132. The minimum Gasteiger partial charge on any atom is -0.374 e. The van der Waals surface area contributed by atoms with Gasteiger partial charge in [-0.1, -0.05) is 37.0 Å². The van der Waals surface area contributed by atoms with Crippen LogP contribution in [0, 0.1) is 0 Å². The number of aryl methyl sites for hydroxylation is 2. The van der Waals surface area contributed by atoms with E-state index < -0.39 is 0 Å². The molecule has 1 N–H and O–H groups in total. The molecule has 1 aliphatic heterocycles. The highest BCUT2D eigenvalue weighted by molar-refractivity contribution is 6.36. The van der Waals surface area contributed by atoms with Crippen molar-refractivity contribution in [3.05, 3.63) is 58.1 Å². The summed E-state index contributed by atoms with van der Waals surface area (Å²) in [5.41, 5.74) is 3.41. The molecule has 3 heterocycles. The van der Waals surface area contributed by atoms with Gasteiger partial charge in [-0.25, -0.2) is 19.9 Å². The molecule has 0 radical (unpaired) electrons. The second-order valence-corrected chi connectivity index (χ2v) is 8.69. The summed E-state index contributed by atoms with van der Waals surface area (Å²) in [6.07, 6.45) is 4.96. The first-order valence-electron chi connectivity index (χ1n) is 11.3. The summed E-state index contributed by atoms with van der Waals surface area (Å²) in [7, 11) is 0. The summed E-state index contributed by atoms with van der Waals surface area (Å²) in [6, 6.07) is 7.32. The van der Waals surface area contributed by atoms with Crippen LogP contribution in [0.4, 0.5) is 11.8 Å². The van der Waals surface area contributed by atoms with Gasteiger partial charge < -0.3 is 15.0 Å². The van der Waals surface area contributed by atoms with Crippen LogP contribution >= 0.6 is 23.2 Å². The zero-order valence-corrected chi connectivity index (χ0v) is 20.6. The molecule has 0 spiro atoms. The molecule has 9 heteroatoms. The van der Waals surface area contributed by atoms with E-state index in [9.17, 15) is 0 Å². The van der Waals surface area contributed by atoms with Crippen molar-refractivity contribution in [3.63, 3.8) is 0 Å². The van der Waals surface area contributed by atoms with Gasteiger partial charge in [0.2, 0.25) is 5.95 Å². The fourth-order valence-corrected chi connectivity index (χ4v) is 4.60. The Bertz CT molecular complexity index is 1100. The van der Waals surface area contributed by atoms with Crippen LogP contribution in [0.1, 0.15) is 32.2 Å². The van der Waals surface area contributed by atoms with Gasteiger partial charge in [0, 0.05) is 42.7 Å². The monoisotopic (exact) mass is 486 g/mol. The number of nitrogens with zero attached hydrogens (tertiary/aromatic N) is 5. The number of aromatic nitrogens is 4. The average Bonchev–Trinajstić information content (AvgIpc) is 3.22. The van der Waals surface area contributed by atoms with Gasteiger partial charge in [-0.05, 0) is 44.0 Å². The Labute approximate surface area is 204 Å². The van der Waals surface area contributed by atoms with Crippen LogP contribution < -0.4 is 10.2 Å². The van der Waals surface area contributed by atoms with Crippen molar-refractivity contribution in [2.75, 3.05) is 29.9 Å². The molecule has 1 aromatic carbocycles. The fourth-order valence-electron chi connectivity index (χ4n) is 4.10. The van der Waals surface area contributed by atoms with E-state index >= 15 is 0 Å². The molecular weight excluding hydrogens is 459 g/mol. The van der Waals surface area contributed by atoms with Crippen LogP contribution in [-0.4, -0.2) is 51.8 Å². The molecule has 1 saturated heterocycles. The number of hydrogen-bond donors (Lipinski definition) is 1. The van der Waals surface area contributed by atoms with Crippen molar-refractivity contribution >= 4 is 35.0 Å². The number of ether oxygens (including phenoxy) is 1. The van der Waals surface area contributed by atoms with Gasteiger partial charge in [0.1, 0.15) is 5.82 Å². The molecule has 1 fully saturated rings. The molecule has 0 saturated carbocycles. The highest BCUT2D eigenvalue weighted by Gasteiger charge is 2.35. The van der Waals surface area contributed by atoms with Crippen molar-refractivity contribution in [3.8, 4) is 11.3 Å². The molecule has 2 aromatic heterocycles. The number of anilines is 2. The van der Waals surface area contributed by atoms with Crippen molar-refractivity contribution in [2.45, 2.75) is 45.8 Å². The minimum atomic E-state index is -0.0132. The zero-order valence-electron chi connectivity index (χ0n) is 19.1. The maximum absolute atomic E-state index is 6.49. The summed E-state index contributed by atoms with van der Waals surface area (Å²) in [5, 5.41) is 4.79. The Hall–Kier alpha value is -2.48. The van der Waals surface area contributed by atoms with E-state index in [1.54, 1.807) is 18.5 Å². The molecule has 2 atom stereocenters. The van der Waals surface area contributed by atoms with Crippen LogP contribution in [0.2, 0.25) is 10.0 Å². The Morgan fingerprint density at radius 2 is 1.79 bits per heavy atom. The molecule has 2 unspecified atom stereocenters. The third-order valence-corrected chi connectivity index (χ3v) is 6.25. The normalized spacial score (nSPS) is 18.0. The van der Waals surface area contributed by atoms with Crippen molar-refractivity contribution < 1.29 is 4.74 Å². The Kier molecular flexibility index (Phi) is 7.63. The predicted molar refractivity (Wildman–Crippen MR) is 133 cm³/mol. The van der Waals surface area contributed by atoms with Crippen LogP contribution in [0.25, 0.3) is 11.3 Å². The van der Waals surface area contributed by atoms with Gasteiger partial charge in [0.05, 0.1) is 34.3 Å². The third-order valence-electron chi connectivity index (χ3n) is 5.70. The number of hydrogen-bond acceptors (Lipinski definition) is 7. The van der Waals surface area contributed by atoms with Gasteiger partial charge in [-0.3, -0.25) is 0 Å². The van der Waals surface area contributed by atoms with Crippen LogP contribution in [0.15, 0.2) is 36.7 Å². The van der Waals surface area contributed by atoms with Crippen molar-refractivity contribution in [1.82, 2.24) is 19.9 Å².